The number of carbonyl (C=O) groups excluding carboxylic acids is 2. The molecule has 3 N–H and O–H groups in total. The molecular weight excluding hydrogens is 284 g/mol. The Morgan fingerprint density at radius 2 is 1.86 bits per heavy atom. The van der Waals surface area contributed by atoms with E-state index in [2.05, 4.69) is 17.6 Å². The van der Waals surface area contributed by atoms with Crippen molar-refractivity contribution in [1.82, 2.24) is 10.6 Å². The first-order valence-electron chi connectivity index (χ1n) is 7.30. The Kier molecular flexibility index (Phi) is 7.08. The number of unbranched alkanes of at least 4 members (excludes halogenated alkanes) is 1. The summed E-state index contributed by atoms with van der Waals surface area (Å²) >= 11 is 0. The third-order valence-corrected chi connectivity index (χ3v) is 3.20. The van der Waals surface area contributed by atoms with Gasteiger partial charge in [0.1, 0.15) is 6.54 Å². The average molecular weight is 306 g/mol. The number of carboxylic acids is 1. The molecule has 120 valence electrons. The molecule has 0 radical (unpaired) electrons. The molecule has 0 unspecified atom stereocenters. The normalized spacial score (nSPS) is 10.1. The summed E-state index contributed by atoms with van der Waals surface area (Å²) in [4.78, 5) is 33.7. The van der Waals surface area contributed by atoms with Gasteiger partial charge < -0.3 is 15.7 Å². The predicted molar refractivity (Wildman–Crippen MR) is 82.8 cm³/mol. The van der Waals surface area contributed by atoms with E-state index >= 15 is 0 Å². The van der Waals surface area contributed by atoms with Crippen LogP contribution in [0.2, 0.25) is 0 Å². The topological polar surface area (TPSA) is 95.5 Å². The average Bonchev–Trinajstić information content (AvgIpc) is 2.48. The van der Waals surface area contributed by atoms with Crippen molar-refractivity contribution in [2.45, 2.75) is 33.1 Å². The van der Waals surface area contributed by atoms with Crippen LogP contribution in [0.3, 0.4) is 0 Å². The minimum absolute atomic E-state index is 0.247. The van der Waals surface area contributed by atoms with Gasteiger partial charge in [-0.2, -0.15) is 0 Å². The van der Waals surface area contributed by atoms with Gasteiger partial charge in [-0.05, 0) is 37.0 Å². The second-order valence-corrected chi connectivity index (χ2v) is 5.11. The first-order chi connectivity index (χ1) is 10.4. The van der Waals surface area contributed by atoms with Crippen LogP contribution >= 0.6 is 0 Å². The molecule has 2 amide bonds. The number of nitrogens with one attached hydrogen (secondary N) is 2. The molecule has 6 nitrogen and oxygen atoms in total. The highest BCUT2D eigenvalue weighted by Gasteiger charge is 2.11. The highest BCUT2D eigenvalue weighted by Crippen LogP contribution is 2.13. The highest BCUT2D eigenvalue weighted by molar-refractivity contribution is 5.97. The first-order valence-corrected chi connectivity index (χ1v) is 7.30. The molecule has 0 spiro atoms. The Morgan fingerprint density at radius 3 is 2.45 bits per heavy atom. The van der Waals surface area contributed by atoms with Gasteiger partial charge in [-0.25, -0.2) is 0 Å². The lowest BCUT2D eigenvalue weighted by atomic mass is 10.0. The summed E-state index contributed by atoms with van der Waals surface area (Å²) in [6.45, 7) is 3.28. The van der Waals surface area contributed by atoms with Crippen LogP contribution in [0.1, 0.15) is 41.3 Å². The van der Waals surface area contributed by atoms with Gasteiger partial charge in [-0.15, -0.1) is 0 Å². The maximum atomic E-state index is 12.0. The molecule has 0 saturated heterocycles. The Bertz CT molecular complexity index is 555. The molecule has 6 heteroatoms. The van der Waals surface area contributed by atoms with Crippen LogP contribution in [0, 0.1) is 6.92 Å². The fourth-order valence-electron chi connectivity index (χ4n) is 2.01. The van der Waals surface area contributed by atoms with E-state index in [1.165, 1.54) is 5.56 Å². The summed E-state index contributed by atoms with van der Waals surface area (Å²) in [5.74, 6) is -2.00. The summed E-state index contributed by atoms with van der Waals surface area (Å²) in [5.41, 5.74) is 2.57. The zero-order valence-corrected chi connectivity index (χ0v) is 12.9. The monoisotopic (exact) mass is 306 g/mol. The summed E-state index contributed by atoms with van der Waals surface area (Å²) < 4.78 is 0. The molecule has 0 aromatic heterocycles. The standard InChI is InChI=1S/C16H22N2O4/c1-3-4-5-12-6-7-13(11(2)8-12)16(22)18-9-14(19)17-10-15(20)21/h6-8H,3-5,9-10H2,1-2H3,(H,17,19)(H,18,22)(H,20,21). The van der Waals surface area contributed by atoms with Gasteiger partial charge in [-0.3, -0.25) is 14.4 Å². The van der Waals surface area contributed by atoms with Gasteiger partial charge in [-0.1, -0.05) is 25.5 Å². The van der Waals surface area contributed by atoms with Crippen LogP contribution < -0.4 is 10.6 Å². The third-order valence-electron chi connectivity index (χ3n) is 3.20. The third kappa shape index (κ3) is 5.95. The van der Waals surface area contributed by atoms with Gasteiger partial charge in [0, 0.05) is 5.56 Å². The summed E-state index contributed by atoms with van der Waals surface area (Å²) in [6, 6.07) is 5.65. The number of aliphatic carboxylic acids is 1. The molecule has 1 aromatic carbocycles. The lowest BCUT2D eigenvalue weighted by molar-refractivity contribution is -0.137. The van der Waals surface area contributed by atoms with Crippen molar-refractivity contribution in [2.75, 3.05) is 13.1 Å². The maximum Gasteiger partial charge on any atom is 0.322 e. The summed E-state index contributed by atoms with van der Waals surface area (Å²) in [6.07, 6.45) is 3.21. The Morgan fingerprint density at radius 1 is 1.14 bits per heavy atom. The molecular formula is C16H22N2O4. The lowest BCUT2D eigenvalue weighted by Gasteiger charge is -2.09. The van der Waals surface area contributed by atoms with E-state index in [-0.39, 0.29) is 12.5 Å². The fraction of sp³-hybridized carbons (Fsp3) is 0.438. The van der Waals surface area contributed by atoms with Crippen molar-refractivity contribution in [3.8, 4) is 0 Å². The number of benzene rings is 1. The van der Waals surface area contributed by atoms with Gasteiger partial charge in [0.2, 0.25) is 5.91 Å². The van der Waals surface area contributed by atoms with E-state index in [0.717, 1.165) is 24.8 Å². The van der Waals surface area contributed by atoms with Crippen molar-refractivity contribution in [1.29, 1.82) is 0 Å². The second kappa shape index (κ2) is 8.81. The van der Waals surface area contributed by atoms with Crippen molar-refractivity contribution in [3.05, 3.63) is 34.9 Å². The van der Waals surface area contributed by atoms with Gasteiger partial charge in [0.25, 0.3) is 5.91 Å². The molecule has 0 saturated carbocycles. The van der Waals surface area contributed by atoms with Crippen molar-refractivity contribution in [2.24, 2.45) is 0 Å². The number of hydrogen-bond acceptors (Lipinski definition) is 3. The van der Waals surface area contributed by atoms with Gasteiger partial charge >= 0.3 is 5.97 Å². The number of carbonyl (C=O) groups is 3. The Labute approximate surface area is 129 Å². The predicted octanol–water partition coefficient (Wildman–Crippen LogP) is 1.27. The minimum Gasteiger partial charge on any atom is -0.480 e. The van der Waals surface area contributed by atoms with E-state index < -0.39 is 18.4 Å². The SMILES string of the molecule is CCCCc1ccc(C(=O)NCC(=O)NCC(=O)O)c(C)c1. The van der Waals surface area contributed by atoms with Crippen molar-refractivity contribution >= 4 is 17.8 Å². The van der Waals surface area contributed by atoms with Gasteiger partial charge in [0.05, 0.1) is 6.54 Å². The molecule has 0 bridgehead atoms. The molecule has 0 aliphatic carbocycles. The van der Waals surface area contributed by atoms with E-state index in [0.29, 0.717) is 5.56 Å². The van der Waals surface area contributed by atoms with Gasteiger partial charge in [0.15, 0.2) is 0 Å². The van der Waals surface area contributed by atoms with Crippen molar-refractivity contribution < 1.29 is 19.5 Å². The van der Waals surface area contributed by atoms with Crippen LogP contribution in [-0.2, 0) is 16.0 Å². The molecule has 0 heterocycles. The molecule has 0 atom stereocenters. The molecule has 1 aromatic rings. The van der Waals surface area contributed by atoms with E-state index in [9.17, 15) is 14.4 Å². The zero-order valence-electron chi connectivity index (χ0n) is 12.9. The minimum atomic E-state index is -1.13. The van der Waals surface area contributed by atoms with Crippen molar-refractivity contribution in [3.63, 3.8) is 0 Å². The van der Waals surface area contributed by atoms with E-state index in [1.807, 2.05) is 19.1 Å². The van der Waals surface area contributed by atoms with Crippen LogP contribution in [0.25, 0.3) is 0 Å². The summed E-state index contributed by atoms with van der Waals surface area (Å²) in [7, 11) is 0. The molecule has 0 aliphatic heterocycles. The van der Waals surface area contributed by atoms with Crippen LogP contribution in [0.5, 0.6) is 0 Å². The smallest absolute Gasteiger partial charge is 0.322 e. The number of rotatable bonds is 8. The highest BCUT2D eigenvalue weighted by atomic mass is 16.4. The maximum absolute atomic E-state index is 12.0. The quantitative estimate of drug-likeness (QED) is 0.674. The fourth-order valence-corrected chi connectivity index (χ4v) is 2.01. The lowest BCUT2D eigenvalue weighted by Crippen LogP contribution is -2.39. The second-order valence-electron chi connectivity index (χ2n) is 5.11. The van der Waals surface area contributed by atoms with E-state index in [4.69, 9.17) is 5.11 Å². The first kappa shape index (κ1) is 17.7. The number of carboxylic acid groups (broad SMARTS) is 1. The van der Waals surface area contributed by atoms with Crippen LogP contribution in [0.4, 0.5) is 0 Å². The van der Waals surface area contributed by atoms with E-state index in [1.54, 1.807) is 6.07 Å². The number of hydrogen-bond donors (Lipinski definition) is 3. The summed E-state index contributed by atoms with van der Waals surface area (Å²) in [5, 5.41) is 13.1. The Hall–Kier alpha value is -2.37. The Balaban J connectivity index is 2.55. The molecule has 22 heavy (non-hydrogen) atoms. The molecule has 1 rings (SSSR count). The molecule has 0 aliphatic rings. The number of aryl methyl sites for hydroxylation is 2. The number of amides is 2. The van der Waals surface area contributed by atoms with Crippen LogP contribution in [-0.4, -0.2) is 36.0 Å². The van der Waals surface area contributed by atoms with Crippen LogP contribution in [0.15, 0.2) is 18.2 Å². The zero-order chi connectivity index (χ0) is 16.5. The molecule has 0 fully saturated rings. The largest absolute Gasteiger partial charge is 0.480 e.